The predicted molar refractivity (Wildman–Crippen MR) is 83.6 cm³/mol. The van der Waals surface area contributed by atoms with Crippen LogP contribution in [0.3, 0.4) is 0 Å². The van der Waals surface area contributed by atoms with Crippen molar-refractivity contribution in [3.63, 3.8) is 0 Å². The van der Waals surface area contributed by atoms with E-state index in [0.717, 1.165) is 44.3 Å². The maximum Gasteiger partial charge on any atom is 0.147 e. The van der Waals surface area contributed by atoms with E-state index in [-0.39, 0.29) is 5.92 Å². The van der Waals surface area contributed by atoms with Gasteiger partial charge < -0.3 is 10.9 Å². The van der Waals surface area contributed by atoms with Crippen LogP contribution in [0, 0.1) is 0 Å². The molecule has 5 nitrogen and oxygen atoms in total. The van der Waals surface area contributed by atoms with E-state index in [4.69, 9.17) is 10.9 Å². The van der Waals surface area contributed by atoms with Gasteiger partial charge in [-0.1, -0.05) is 35.5 Å². The summed E-state index contributed by atoms with van der Waals surface area (Å²) in [5, 5.41) is 12.3. The molecule has 0 amide bonds. The van der Waals surface area contributed by atoms with Crippen molar-refractivity contribution in [2.24, 2.45) is 10.9 Å². The first-order valence-corrected chi connectivity index (χ1v) is 7.76. The minimum absolute atomic E-state index is 0.0383. The summed E-state index contributed by atoms with van der Waals surface area (Å²) in [6, 6.07) is 10.9. The maximum atomic E-state index is 9.06. The Hall–Kier alpha value is -1.59. The molecule has 1 aromatic carbocycles. The first-order chi connectivity index (χ1) is 10.3. The van der Waals surface area contributed by atoms with E-state index < -0.39 is 0 Å². The third kappa shape index (κ3) is 3.54. The highest BCUT2D eigenvalue weighted by Gasteiger charge is 2.32. The largest absolute Gasteiger partial charge is 0.409 e. The number of hydrogen-bond donors (Lipinski definition) is 2. The van der Waals surface area contributed by atoms with Crippen molar-refractivity contribution in [3.8, 4) is 0 Å². The van der Waals surface area contributed by atoms with Gasteiger partial charge in [-0.3, -0.25) is 9.80 Å². The summed E-state index contributed by atoms with van der Waals surface area (Å²) >= 11 is 0. The molecule has 1 unspecified atom stereocenters. The molecule has 0 bridgehead atoms. The van der Waals surface area contributed by atoms with E-state index >= 15 is 0 Å². The highest BCUT2D eigenvalue weighted by Crippen LogP contribution is 2.28. The van der Waals surface area contributed by atoms with Crippen LogP contribution in [0.4, 0.5) is 0 Å². The molecule has 2 fully saturated rings. The minimum atomic E-state index is -0.0383. The average molecular weight is 288 g/mol. The van der Waals surface area contributed by atoms with Crippen molar-refractivity contribution in [1.82, 2.24) is 9.80 Å². The van der Waals surface area contributed by atoms with Crippen LogP contribution in [0.2, 0.25) is 0 Å². The van der Waals surface area contributed by atoms with E-state index in [1.54, 1.807) is 0 Å². The number of rotatable bonds is 5. The van der Waals surface area contributed by atoms with Crippen LogP contribution in [-0.4, -0.2) is 59.6 Å². The van der Waals surface area contributed by atoms with Crippen LogP contribution in [0.15, 0.2) is 35.5 Å². The van der Waals surface area contributed by atoms with Crippen LogP contribution < -0.4 is 5.73 Å². The smallest absolute Gasteiger partial charge is 0.147 e. The fourth-order valence-corrected chi connectivity index (χ4v) is 3.13. The molecule has 114 valence electrons. The van der Waals surface area contributed by atoms with E-state index in [1.807, 2.05) is 30.3 Å². The Morgan fingerprint density at radius 2 is 1.86 bits per heavy atom. The van der Waals surface area contributed by atoms with Crippen LogP contribution in [0.1, 0.15) is 24.3 Å². The first-order valence-electron chi connectivity index (χ1n) is 7.76. The molecule has 5 heteroatoms. The van der Waals surface area contributed by atoms with Crippen molar-refractivity contribution in [2.45, 2.75) is 24.8 Å². The van der Waals surface area contributed by atoms with Crippen LogP contribution >= 0.6 is 0 Å². The van der Waals surface area contributed by atoms with Gasteiger partial charge in [-0.15, -0.1) is 0 Å². The summed E-state index contributed by atoms with van der Waals surface area (Å²) in [5.41, 5.74) is 7.02. The van der Waals surface area contributed by atoms with Gasteiger partial charge in [0.2, 0.25) is 0 Å². The molecule has 3 rings (SSSR count). The highest BCUT2D eigenvalue weighted by molar-refractivity contribution is 5.87. The summed E-state index contributed by atoms with van der Waals surface area (Å²) in [6.45, 7) is 5.24. The van der Waals surface area contributed by atoms with Gasteiger partial charge in [0.1, 0.15) is 5.84 Å². The molecule has 1 saturated carbocycles. The Bertz CT molecular complexity index is 478. The number of oxime groups is 1. The SMILES string of the molecule is NC(=NO)C(CN1CCN(C2CC2)CC1)c1ccccc1. The third-order valence-electron chi connectivity index (χ3n) is 4.59. The van der Waals surface area contributed by atoms with Crippen molar-refractivity contribution < 1.29 is 5.21 Å². The Labute approximate surface area is 126 Å². The van der Waals surface area contributed by atoms with Crippen molar-refractivity contribution in [2.75, 3.05) is 32.7 Å². The van der Waals surface area contributed by atoms with Crippen molar-refractivity contribution >= 4 is 5.84 Å². The van der Waals surface area contributed by atoms with E-state index in [2.05, 4.69) is 15.0 Å². The molecule has 0 radical (unpaired) electrons. The lowest BCUT2D eigenvalue weighted by Gasteiger charge is -2.36. The van der Waals surface area contributed by atoms with Gasteiger partial charge in [0.25, 0.3) is 0 Å². The van der Waals surface area contributed by atoms with Crippen LogP contribution in [0.5, 0.6) is 0 Å². The molecule has 1 heterocycles. The molecule has 1 aromatic rings. The van der Waals surface area contributed by atoms with Gasteiger partial charge in [0.05, 0.1) is 5.92 Å². The zero-order valence-electron chi connectivity index (χ0n) is 12.4. The molecule has 3 N–H and O–H groups in total. The highest BCUT2D eigenvalue weighted by atomic mass is 16.4. The van der Waals surface area contributed by atoms with Gasteiger partial charge in [-0.2, -0.15) is 0 Å². The van der Waals surface area contributed by atoms with E-state index in [1.165, 1.54) is 12.8 Å². The number of benzene rings is 1. The van der Waals surface area contributed by atoms with E-state index in [0.29, 0.717) is 5.84 Å². The number of piperazine rings is 1. The summed E-state index contributed by atoms with van der Waals surface area (Å²) in [6.07, 6.45) is 2.74. The third-order valence-corrected chi connectivity index (χ3v) is 4.59. The lowest BCUT2D eigenvalue weighted by atomic mass is 9.97. The molecular formula is C16H24N4O. The van der Waals surface area contributed by atoms with Crippen LogP contribution in [-0.2, 0) is 0 Å². The second kappa shape index (κ2) is 6.45. The lowest BCUT2D eigenvalue weighted by Crippen LogP contribution is -2.49. The van der Waals surface area contributed by atoms with Gasteiger partial charge in [0.15, 0.2) is 0 Å². The Balaban J connectivity index is 1.62. The number of nitrogens with zero attached hydrogens (tertiary/aromatic N) is 3. The summed E-state index contributed by atoms with van der Waals surface area (Å²) in [4.78, 5) is 5.02. The normalized spacial score (nSPS) is 23.1. The number of hydrogen-bond acceptors (Lipinski definition) is 4. The second-order valence-electron chi connectivity index (χ2n) is 6.06. The number of amidine groups is 1. The van der Waals surface area contributed by atoms with Crippen molar-refractivity contribution in [1.29, 1.82) is 0 Å². The maximum absolute atomic E-state index is 9.06. The average Bonchev–Trinajstić information content (AvgIpc) is 3.38. The van der Waals surface area contributed by atoms with Gasteiger partial charge in [-0.05, 0) is 18.4 Å². The zero-order chi connectivity index (χ0) is 14.7. The summed E-state index contributed by atoms with van der Waals surface area (Å²) in [5.74, 6) is 0.259. The first kappa shape index (κ1) is 14.4. The molecular weight excluding hydrogens is 264 g/mol. The molecule has 1 aliphatic carbocycles. The monoisotopic (exact) mass is 288 g/mol. The minimum Gasteiger partial charge on any atom is -0.409 e. The molecule has 1 aliphatic heterocycles. The van der Waals surface area contributed by atoms with E-state index in [9.17, 15) is 0 Å². The molecule has 2 aliphatic rings. The fourth-order valence-electron chi connectivity index (χ4n) is 3.13. The summed E-state index contributed by atoms with van der Waals surface area (Å²) in [7, 11) is 0. The molecule has 21 heavy (non-hydrogen) atoms. The zero-order valence-corrected chi connectivity index (χ0v) is 12.4. The van der Waals surface area contributed by atoms with Crippen molar-refractivity contribution in [3.05, 3.63) is 35.9 Å². The standard InChI is InChI=1S/C16H24N4O/c17-16(18-21)15(13-4-2-1-3-5-13)12-19-8-10-20(11-9-19)14-6-7-14/h1-5,14-15,21H,6-12H2,(H2,17,18). The molecule has 0 aromatic heterocycles. The molecule has 1 saturated heterocycles. The predicted octanol–water partition coefficient (Wildman–Crippen LogP) is 1.30. The Morgan fingerprint density at radius 1 is 1.19 bits per heavy atom. The van der Waals surface area contributed by atoms with Gasteiger partial charge in [0, 0.05) is 38.8 Å². The number of nitrogens with two attached hydrogens (primary N) is 1. The van der Waals surface area contributed by atoms with Gasteiger partial charge in [-0.25, -0.2) is 0 Å². The lowest BCUT2D eigenvalue weighted by molar-refractivity contribution is 0.125. The Kier molecular flexibility index (Phi) is 4.41. The molecule has 1 atom stereocenters. The quantitative estimate of drug-likeness (QED) is 0.371. The van der Waals surface area contributed by atoms with Gasteiger partial charge >= 0.3 is 0 Å². The van der Waals surface area contributed by atoms with Crippen LogP contribution in [0.25, 0.3) is 0 Å². The molecule has 0 spiro atoms. The second-order valence-corrected chi connectivity index (χ2v) is 6.06. The Morgan fingerprint density at radius 3 is 2.43 bits per heavy atom. The topological polar surface area (TPSA) is 65.1 Å². The summed E-state index contributed by atoms with van der Waals surface area (Å²) < 4.78 is 0. The fraction of sp³-hybridized carbons (Fsp3) is 0.562.